The Labute approximate surface area is 79.4 Å². The van der Waals surface area contributed by atoms with Gasteiger partial charge in [-0.1, -0.05) is 0 Å². The minimum atomic E-state index is 0.464. The molecule has 3 nitrogen and oxygen atoms in total. The molecule has 0 radical (unpaired) electrons. The Morgan fingerprint density at radius 3 is 2.46 bits per heavy atom. The fourth-order valence-electron chi connectivity index (χ4n) is 2.45. The lowest BCUT2D eigenvalue weighted by atomic mass is 10.1. The number of nitrogens with one attached hydrogen (secondary N) is 1. The molecule has 1 N–H and O–H groups in total. The molecule has 0 aromatic rings. The molecule has 3 rings (SSSR count). The van der Waals surface area contributed by atoms with Gasteiger partial charge in [0, 0.05) is 32.7 Å². The van der Waals surface area contributed by atoms with Crippen LogP contribution < -0.4 is 5.32 Å². The van der Waals surface area contributed by atoms with Gasteiger partial charge in [-0.05, 0) is 18.8 Å². The largest absolute Gasteiger partial charge is 0.370 e. The van der Waals surface area contributed by atoms with Gasteiger partial charge in [0.05, 0.1) is 12.2 Å². The van der Waals surface area contributed by atoms with E-state index in [9.17, 15) is 0 Å². The average Bonchev–Trinajstić information content (AvgIpc) is 2.87. The summed E-state index contributed by atoms with van der Waals surface area (Å²) >= 11 is 0. The van der Waals surface area contributed by atoms with Crippen molar-refractivity contribution in [1.82, 2.24) is 10.2 Å². The molecule has 2 bridgehead atoms. The standard InChI is InChI=1S/C10H18N2O/c1-2-8(1)5-12-6-9-3-11-4-10(7-12)13-9/h8-11H,1-7H2. The van der Waals surface area contributed by atoms with E-state index in [1.165, 1.54) is 19.4 Å². The van der Waals surface area contributed by atoms with E-state index in [4.69, 9.17) is 4.74 Å². The number of ether oxygens (including phenoxy) is 1. The van der Waals surface area contributed by atoms with Crippen molar-refractivity contribution in [2.45, 2.75) is 25.0 Å². The Hall–Kier alpha value is -0.120. The fraction of sp³-hybridized carbons (Fsp3) is 1.00. The number of morpholine rings is 2. The van der Waals surface area contributed by atoms with Gasteiger partial charge in [-0.3, -0.25) is 4.90 Å². The van der Waals surface area contributed by atoms with Crippen LogP contribution in [0.3, 0.4) is 0 Å². The van der Waals surface area contributed by atoms with Crippen molar-refractivity contribution < 1.29 is 4.74 Å². The molecule has 2 heterocycles. The van der Waals surface area contributed by atoms with E-state index in [-0.39, 0.29) is 0 Å². The van der Waals surface area contributed by atoms with Crippen molar-refractivity contribution in [2.75, 3.05) is 32.7 Å². The van der Waals surface area contributed by atoms with Crippen molar-refractivity contribution in [2.24, 2.45) is 5.92 Å². The maximum Gasteiger partial charge on any atom is 0.0831 e. The van der Waals surface area contributed by atoms with Crippen LogP contribution in [0.5, 0.6) is 0 Å². The molecular weight excluding hydrogens is 164 g/mol. The van der Waals surface area contributed by atoms with Crippen LogP contribution in [0.1, 0.15) is 12.8 Å². The van der Waals surface area contributed by atoms with Gasteiger partial charge in [-0.15, -0.1) is 0 Å². The Balaban J connectivity index is 1.57. The number of rotatable bonds is 2. The Kier molecular flexibility index (Phi) is 2.04. The van der Waals surface area contributed by atoms with E-state index in [0.717, 1.165) is 32.1 Å². The van der Waals surface area contributed by atoms with Crippen LogP contribution >= 0.6 is 0 Å². The van der Waals surface area contributed by atoms with Crippen LogP contribution in [0.2, 0.25) is 0 Å². The molecule has 0 spiro atoms. The lowest BCUT2D eigenvalue weighted by molar-refractivity contribution is -0.103. The SMILES string of the molecule is C1CC1CN1CC2CNCC(C1)O2. The highest BCUT2D eigenvalue weighted by Crippen LogP contribution is 2.30. The third-order valence-electron chi connectivity index (χ3n) is 3.27. The molecule has 3 aliphatic rings. The molecule has 0 aromatic heterocycles. The van der Waals surface area contributed by atoms with E-state index < -0.39 is 0 Å². The molecule has 13 heavy (non-hydrogen) atoms. The van der Waals surface area contributed by atoms with Crippen molar-refractivity contribution >= 4 is 0 Å². The predicted molar refractivity (Wildman–Crippen MR) is 50.7 cm³/mol. The van der Waals surface area contributed by atoms with Gasteiger partial charge in [0.2, 0.25) is 0 Å². The Morgan fingerprint density at radius 2 is 1.85 bits per heavy atom. The zero-order chi connectivity index (χ0) is 8.67. The minimum Gasteiger partial charge on any atom is -0.370 e. The quantitative estimate of drug-likeness (QED) is 0.654. The summed E-state index contributed by atoms with van der Waals surface area (Å²) in [5.41, 5.74) is 0. The monoisotopic (exact) mass is 182 g/mol. The molecule has 2 atom stereocenters. The highest BCUT2D eigenvalue weighted by atomic mass is 16.5. The first-order valence-electron chi connectivity index (χ1n) is 5.48. The highest BCUT2D eigenvalue weighted by molar-refractivity contribution is 4.87. The number of hydrogen-bond donors (Lipinski definition) is 1. The third-order valence-corrected chi connectivity index (χ3v) is 3.27. The maximum absolute atomic E-state index is 5.85. The van der Waals surface area contributed by atoms with Gasteiger partial charge in [-0.25, -0.2) is 0 Å². The van der Waals surface area contributed by atoms with Crippen LogP contribution in [-0.4, -0.2) is 49.8 Å². The Morgan fingerprint density at radius 1 is 1.15 bits per heavy atom. The maximum atomic E-state index is 5.85. The summed E-state index contributed by atoms with van der Waals surface area (Å²) in [5, 5.41) is 3.42. The Bertz CT molecular complexity index is 181. The van der Waals surface area contributed by atoms with Crippen molar-refractivity contribution in [3.8, 4) is 0 Å². The van der Waals surface area contributed by atoms with Gasteiger partial charge in [0.25, 0.3) is 0 Å². The normalized spacial score (nSPS) is 40.6. The smallest absolute Gasteiger partial charge is 0.0831 e. The topological polar surface area (TPSA) is 24.5 Å². The first kappa shape index (κ1) is 8.21. The van der Waals surface area contributed by atoms with E-state index in [2.05, 4.69) is 10.2 Å². The van der Waals surface area contributed by atoms with Crippen molar-refractivity contribution in [3.63, 3.8) is 0 Å². The first-order chi connectivity index (χ1) is 6.40. The lowest BCUT2D eigenvalue weighted by Crippen LogP contribution is -2.58. The molecule has 1 aliphatic carbocycles. The number of hydrogen-bond acceptors (Lipinski definition) is 3. The molecule has 1 saturated carbocycles. The van der Waals surface area contributed by atoms with Gasteiger partial charge in [0.1, 0.15) is 0 Å². The second-order valence-electron chi connectivity index (χ2n) is 4.70. The molecular formula is C10H18N2O. The number of nitrogens with zero attached hydrogens (tertiary/aromatic N) is 1. The second-order valence-corrected chi connectivity index (χ2v) is 4.70. The van der Waals surface area contributed by atoms with Crippen LogP contribution in [0.25, 0.3) is 0 Å². The van der Waals surface area contributed by atoms with E-state index in [1.807, 2.05) is 0 Å². The molecule has 2 aliphatic heterocycles. The minimum absolute atomic E-state index is 0.464. The van der Waals surface area contributed by atoms with Crippen LogP contribution in [-0.2, 0) is 4.74 Å². The summed E-state index contributed by atoms with van der Waals surface area (Å²) < 4.78 is 5.85. The van der Waals surface area contributed by atoms with Gasteiger partial charge < -0.3 is 10.1 Å². The summed E-state index contributed by atoms with van der Waals surface area (Å²) in [5.74, 6) is 1.02. The third kappa shape index (κ3) is 1.87. The zero-order valence-electron chi connectivity index (χ0n) is 8.04. The second kappa shape index (κ2) is 3.23. The van der Waals surface area contributed by atoms with Crippen LogP contribution in [0.15, 0.2) is 0 Å². The molecule has 3 fully saturated rings. The van der Waals surface area contributed by atoms with Crippen LogP contribution in [0.4, 0.5) is 0 Å². The average molecular weight is 182 g/mol. The zero-order valence-corrected chi connectivity index (χ0v) is 8.04. The lowest BCUT2D eigenvalue weighted by Gasteiger charge is -2.41. The molecule has 2 unspecified atom stereocenters. The fourth-order valence-corrected chi connectivity index (χ4v) is 2.45. The van der Waals surface area contributed by atoms with Gasteiger partial charge in [0.15, 0.2) is 0 Å². The number of fused-ring (bicyclic) bond motifs is 2. The summed E-state index contributed by atoms with van der Waals surface area (Å²) in [7, 11) is 0. The summed E-state index contributed by atoms with van der Waals surface area (Å²) in [6, 6.07) is 0. The molecule has 0 aromatic carbocycles. The van der Waals surface area contributed by atoms with E-state index in [0.29, 0.717) is 12.2 Å². The molecule has 74 valence electrons. The van der Waals surface area contributed by atoms with Crippen molar-refractivity contribution in [3.05, 3.63) is 0 Å². The molecule has 0 amide bonds. The predicted octanol–water partition coefficient (Wildman–Crippen LogP) is 0.0690. The van der Waals surface area contributed by atoms with Crippen LogP contribution in [0, 0.1) is 5.92 Å². The molecule has 3 heteroatoms. The van der Waals surface area contributed by atoms with Gasteiger partial charge in [-0.2, -0.15) is 0 Å². The van der Waals surface area contributed by atoms with Crippen molar-refractivity contribution in [1.29, 1.82) is 0 Å². The van der Waals surface area contributed by atoms with E-state index >= 15 is 0 Å². The highest BCUT2D eigenvalue weighted by Gasteiger charge is 2.33. The summed E-state index contributed by atoms with van der Waals surface area (Å²) in [6.45, 7) is 5.74. The van der Waals surface area contributed by atoms with E-state index in [1.54, 1.807) is 0 Å². The van der Waals surface area contributed by atoms with Gasteiger partial charge >= 0.3 is 0 Å². The summed E-state index contributed by atoms with van der Waals surface area (Å²) in [4.78, 5) is 2.61. The summed E-state index contributed by atoms with van der Waals surface area (Å²) in [6.07, 6.45) is 3.85. The first-order valence-corrected chi connectivity index (χ1v) is 5.48. The molecule has 2 saturated heterocycles.